The number of aromatic nitrogens is 1. The number of ether oxygens (including phenoxy) is 2. The summed E-state index contributed by atoms with van der Waals surface area (Å²) in [5, 5.41) is 0. The van der Waals surface area contributed by atoms with E-state index >= 15 is 0 Å². The quantitative estimate of drug-likeness (QED) is 0.394. The van der Waals surface area contributed by atoms with Crippen molar-refractivity contribution in [3.05, 3.63) is 28.6 Å². The highest BCUT2D eigenvalue weighted by Gasteiger charge is 2.20. The molecular weight excluding hydrogens is 462 g/mol. The highest BCUT2D eigenvalue weighted by Crippen LogP contribution is 2.20. The molecule has 10 heteroatoms. The molecule has 0 saturated carbocycles. The van der Waals surface area contributed by atoms with Gasteiger partial charge in [-0.05, 0) is 43.9 Å². The van der Waals surface area contributed by atoms with Gasteiger partial charge in [0.1, 0.15) is 0 Å². The van der Waals surface area contributed by atoms with Gasteiger partial charge in [0, 0.05) is 26.2 Å². The van der Waals surface area contributed by atoms with Crippen LogP contribution in [-0.4, -0.2) is 72.2 Å². The van der Waals surface area contributed by atoms with Gasteiger partial charge in [-0.25, -0.2) is 4.79 Å². The van der Waals surface area contributed by atoms with Crippen molar-refractivity contribution in [1.29, 1.82) is 0 Å². The second-order valence-electron chi connectivity index (χ2n) is 7.97. The van der Waals surface area contributed by atoms with Crippen LogP contribution in [0.25, 0.3) is 10.2 Å². The minimum atomic E-state index is -0.412. The Balaban J connectivity index is 1.70. The van der Waals surface area contributed by atoms with Gasteiger partial charge >= 0.3 is 5.97 Å². The molecule has 0 spiro atoms. The third-order valence-corrected chi connectivity index (χ3v) is 7.52. The predicted octanol–water partition coefficient (Wildman–Crippen LogP) is 2.94. The van der Waals surface area contributed by atoms with Crippen LogP contribution in [0.2, 0.25) is 0 Å². The summed E-state index contributed by atoms with van der Waals surface area (Å²) in [6.45, 7) is 7.36. The molecule has 0 bridgehead atoms. The highest BCUT2D eigenvalue weighted by atomic mass is 32.2. The third kappa shape index (κ3) is 6.91. The van der Waals surface area contributed by atoms with Gasteiger partial charge in [0.2, 0.25) is 5.91 Å². The molecule has 1 aromatic carbocycles. The first kappa shape index (κ1) is 25.5. The van der Waals surface area contributed by atoms with E-state index in [4.69, 9.17) is 9.47 Å². The van der Waals surface area contributed by atoms with Crippen LogP contribution >= 0.6 is 23.1 Å². The fourth-order valence-electron chi connectivity index (χ4n) is 3.63. The molecule has 0 unspecified atom stereocenters. The van der Waals surface area contributed by atoms with Gasteiger partial charge in [0.05, 0.1) is 41.0 Å². The van der Waals surface area contributed by atoms with Crippen LogP contribution in [0.3, 0.4) is 0 Å². The molecule has 3 rings (SSSR count). The molecule has 2 heterocycles. The molecule has 0 radical (unpaired) electrons. The van der Waals surface area contributed by atoms with E-state index < -0.39 is 5.97 Å². The summed E-state index contributed by atoms with van der Waals surface area (Å²) in [5.74, 6) is 0.484. The van der Waals surface area contributed by atoms with E-state index in [0.29, 0.717) is 36.0 Å². The number of rotatable bonds is 9. The Kier molecular flexibility index (Phi) is 9.52. The number of thioether (sulfide) groups is 1. The molecule has 33 heavy (non-hydrogen) atoms. The summed E-state index contributed by atoms with van der Waals surface area (Å²) in [4.78, 5) is 43.6. The van der Waals surface area contributed by atoms with Gasteiger partial charge in [-0.3, -0.25) is 9.59 Å². The Morgan fingerprint density at radius 3 is 2.67 bits per heavy atom. The maximum absolute atomic E-state index is 12.6. The highest BCUT2D eigenvalue weighted by molar-refractivity contribution is 8.00. The normalized spacial score (nSPS) is 15.2. The topological polar surface area (TPSA) is 90.2 Å². The second-order valence-corrected chi connectivity index (χ2v) is 9.96. The van der Waals surface area contributed by atoms with Crippen molar-refractivity contribution in [1.82, 2.24) is 9.47 Å². The number of hydrogen-bond acceptors (Lipinski definition) is 7. The number of amides is 2. The van der Waals surface area contributed by atoms with Crippen molar-refractivity contribution < 1.29 is 23.9 Å². The molecule has 180 valence electrons. The first-order chi connectivity index (χ1) is 15.9. The Morgan fingerprint density at radius 1 is 1.21 bits per heavy atom. The number of benzene rings is 1. The summed E-state index contributed by atoms with van der Waals surface area (Å²) in [7, 11) is 1.34. The van der Waals surface area contributed by atoms with Crippen molar-refractivity contribution in [2.24, 2.45) is 10.9 Å². The molecule has 0 N–H and O–H groups in total. The molecule has 0 aliphatic carbocycles. The smallest absolute Gasteiger partial charge is 0.337 e. The summed E-state index contributed by atoms with van der Waals surface area (Å²) in [6, 6.07) is 5.28. The lowest BCUT2D eigenvalue weighted by atomic mass is 9.99. The van der Waals surface area contributed by atoms with E-state index in [1.54, 1.807) is 12.1 Å². The fourth-order valence-corrected chi connectivity index (χ4v) is 5.44. The summed E-state index contributed by atoms with van der Waals surface area (Å²) in [5.41, 5.74) is 1.32. The lowest BCUT2D eigenvalue weighted by Gasteiger charge is -2.30. The Bertz CT molecular complexity index is 1050. The molecule has 1 aromatic heterocycles. The first-order valence-corrected chi connectivity index (χ1v) is 13.1. The summed E-state index contributed by atoms with van der Waals surface area (Å²) in [6.07, 6.45) is 2.08. The number of fused-ring (bicyclic) bond motifs is 1. The second kappa shape index (κ2) is 12.3. The van der Waals surface area contributed by atoms with Crippen LogP contribution < -0.4 is 4.80 Å². The van der Waals surface area contributed by atoms with Gasteiger partial charge in [-0.15, -0.1) is 11.8 Å². The van der Waals surface area contributed by atoms with E-state index in [0.717, 1.165) is 36.1 Å². The van der Waals surface area contributed by atoms with Crippen molar-refractivity contribution in [3.8, 4) is 0 Å². The Hall–Kier alpha value is -2.17. The van der Waals surface area contributed by atoms with Gasteiger partial charge in [-0.1, -0.05) is 18.3 Å². The average Bonchev–Trinajstić information content (AvgIpc) is 3.15. The number of carbonyl (C=O) groups is 3. The minimum absolute atomic E-state index is 0.0867. The molecule has 2 amide bonds. The lowest BCUT2D eigenvalue weighted by molar-refractivity contribution is -0.129. The number of likely N-dealkylation sites (tertiary alicyclic amines) is 1. The zero-order chi connectivity index (χ0) is 23.8. The Morgan fingerprint density at radius 2 is 1.97 bits per heavy atom. The van der Waals surface area contributed by atoms with Crippen molar-refractivity contribution in [2.45, 2.75) is 33.2 Å². The molecule has 1 fully saturated rings. The molecule has 1 saturated heterocycles. The third-order valence-electron chi connectivity index (χ3n) is 5.57. The monoisotopic (exact) mass is 493 g/mol. The molecule has 2 aromatic rings. The number of methoxy groups -OCH3 is 1. The van der Waals surface area contributed by atoms with Crippen LogP contribution in [0, 0.1) is 5.92 Å². The lowest BCUT2D eigenvalue weighted by Crippen LogP contribution is -2.39. The Labute approximate surface area is 202 Å². The van der Waals surface area contributed by atoms with E-state index in [2.05, 4.69) is 11.9 Å². The molecule has 8 nitrogen and oxygen atoms in total. The van der Waals surface area contributed by atoms with E-state index in [9.17, 15) is 14.4 Å². The van der Waals surface area contributed by atoms with E-state index in [-0.39, 0.29) is 23.3 Å². The number of nitrogens with zero attached hydrogens (tertiary/aromatic N) is 3. The summed E-state index contributed by atoms with van der Waals surface area (Å²) >= 11 is 2.64. The number of esters is 1. The van der Waals surface area contributed by atoms with Crippen LogP contribution in [0.15, 0.2) is 23.2 Å². The minimum Gasteiger partial charge on any atom is -0.465 e. The number of hydrogen-bond donors (Lipinski definition) is 0. The van der Waals surface area contributed by atoms with Crippen LogP contribution in [0.1, 0.15) is 37.0 Å². The van der Waals surface area contributed by atoms with Crippen molar-refractivity contribution >= 4 is 51.1 Å². The summed E-state index contributed by atoms with van der Waals surface area (Å²) < 4.78 is 13.1. The maximum atomic E-state index is 12.6. The first-order valence-electron chi connectivity index (χ1n) is 11.2. The fraction of sp³-hybridized carbons (Fsp3) is 0.565. The van der Waals surface area contributed by atoms with Crippen LogP contribution in [-0.2, 0) is 25.6 Å². The SMILES string of the molecule is CCOCCn1c(=NC(=O)CSCC(=O)N2CCC(C)CC2)sc2cc(C(=O)OC)ccc21. The molecular formula is C23H31N3O5S2. The van der Waals surface area contributed by atoms with E-state index in [1.165, 1.54) is 30.2 Å². The van der Waals surface area contributed by atoms with Gasteiger partial charge in [-0.2, -0.15) is 4.99 Å². The largest absolute Gasteiger partial charge is 0.465 e. The maximum Gasteiger partial charge on any atom is 0.337 e. The number of thiazole rings is 1. The number of piperidine rings is 1. The van der Waals surface area contributed by atoms with Gasteiger partial charge < -0.3 is 18.9 Å². The van der Waals surface area contributed by atoms with Gasteiger partial charge in [0.25, 0.3) is 5.91 Å². The van der Waals surface area contributed by atoms with Crippen LogP contribution in [0.4, 0.5) is 0 Å². The van der Waals surface area contributed by atoms with Crippen molar-refractivity contribution in [2.75, 3.05) is 44.9 Å². The zero-order valence-electron chi connectivity index (χ0n) is 19.4. The standard InChI is InChI=1S/C23H31N3O5S2/c1-4-31-12-11-26-18-6-5-17(22(29)30-3)13-19(18)33-23(26)24-20(27)14-32-15-21(28)25-9-7-16(2)8-10-25/h5-6,13,16H,4,7-12,14-15H2,1-3H3. The zero-order valence-corrected chi connectivity index (χ0v) is 21.0. The molecule has 0 atom stereocenters. The van der Waals surface area contributed by atoms with E-state index in [1.807, 2.05) is 22.5 Å². The van der Waals surface area contributed by atoms with Crippen molar-refractivity contribution in [3.63, 3.8) is 0 Å². The predicted molar refractivity (Wildman–Crippen MR) is 131 cm³/mol. The average molecular weight is 494 g/mol. The molecule has 1 aliphatic rings. The molecule has 1 aliphatic heterocycles. The number of carbonyl (C=O) groups excluding carboxylic acids is 3. The van der Waals surface area contributed by atoms with Gasteiger partial charge in [0.15, 0.2) is 4.80 Å². The van der Waals surface area contributed by atoms with Crippen LogP contribution in [0.5, 0.6) is 0 Å².